The van der Waals surface area contributed by atoms with Crippen LogP contribution in [0.1, 0.15) is 0 Å². The summed E-state index contributed by atoms with van der Waals surface area (Å²) in [7, 11) is 0. The zero-order valence-corrected chi connectivity index (χ0v) is 54.0. The second kappa shape index (κ2) is 24.2. The summed E-state index contributed by atoms with van der Waals surface area (Å²) in [5.41, 5.74) is 23.0. The highest BCUT2D eigenvalue weighted by Gasteiger charge is 2.24. The Morgan fingerprint density at radius 3 is 1.14 bits per heavy atom. The van der Waals surface area contributed by atoms with E-state index in [2.05, 4.69) is 291 Å². The van der Waals surface area contributed by atoms with Gasteiger partial charge >= 0.3 is 0 Å². The van der Waals surface area contributed by atoms with Gasteiger partial charge in [0.05, 0.1) is 62.1 Å². The SMILES string of the molecule is c1ccc(-c2cc(-c3ccccc3)nc(-n3c4ccccc4c4c(-c5ccc6c(c5)c5cccnc5n6-c5ccccc5)cccc43)n2)cc1.c1ccc(-c2ncc(-n3c4ccccc4c4c(-c5ccc6c(c5)c5cccnc5n6-c5ccccc5)cccc43)c(-c3ccccc3)n2)cc1. The zero-order chi connectivity index (χ0) is 66.0. The van der Waals surface area contributed by atoms with Crippen molar-refractivity contribution in [2.75, 3.05) is 0 Å². The molecular weight excluding hydrogens is 1220 g/mol. The molecule has 0 saturated carbocycles. The van der Waals surface area contributed by atoms with Gasteiger partial charge in [0.1, 0.15) is 11.3 Å². The Labute approximate surface area is 575 Å². The highest BCUT2D eigenvalue weighted by atomic mass is 15.2. The zero-order valence-electron chi connectivity index (χ0n) is 54.0. The maximum absolute atomic E-state index is 5.22. The van der Waals surface area contributed by atoms with Crippen LogP contribution in [-0.2, 0) is 0 Å². The van der Waals surface area contributed by atoms with Gasteiger partial charge in [-0.1, -0.05) is 231 Å². The van der Waals surface area contributed by atoms with Crippen LogP contribution in [-0.4, -0.2) is 48.2 Å². The molecule has 0 fully saturated rings. The molecule has 20 aromatic rings. The van der Waals surface area contributed by atoms with Crippen LogP contribution in [0.25, 0.3) is 178 Å². The third kappa shape index (κ3) is 9.72. The largest absolute Gasteiger partial charge is 0.306 e. The first-order chi connectivity index (χ1) is 49.6. The number of nitrogens with zero attached hydrogens (tertiary/aromatic N) is 10. The van der Waals surface area contributed by atoms with Crippen LogP contribution in [0.15, 0.2) is 352 Å². The summed E-state index contributed by atoms with van der Waals surface area (Å²) < 4.78 is 9.05. The third-order valence-corrected chi connectivity index (χ3v) is 19.2. The van der Waals surface area contributed by atoms with Gasteiger partial charge in [0, 0.05) is 89.1 Å². The molecule has 468 valence electrons. The van der Waals surface area contributed by atoms with Crippen molar-refractivity contribution in [2.24, 2.45) is 0 Å². The van der Waals surface area contributed by atoms with Crippen LogP contribution in [0.4, 0.5) is 0 Å². The van der Waals surface area contributed by atoms with Crippen LogP contribution >= 0.6 is 0 Å². The van der Waals surface area contributed by atoms with E-state index < -0.39 is 0 Å². The van der Waals surface area contributed by atoms with E-state index in [1.165, 1.54) is 32.5 Å². The van der Waals surface area contributed by atoms with Crippen LogP contribution in [0, 0.1) is 0 Å². The molecule has 0 atom stereocenters. The standard InChI is InChI=1S/2C45H29N5/c1-4-14-30(15-5-1)38-29-39(31-16-6-2-7-17-31)48-45(47-38)50-40-23-11-10-20-36(40)43-34(21-12-24-42(43)50)32-25-26-41-37(28-32)35-22-13-27-46-44(35)49(41)33-18-8-3-9-19-33;1-4-14-30(15-5-1)43-41(29-47-44(48-43)31-16-6-2-7-17-31)50-38-23-11-10-20-36(38)42-34(21-12-24-40(42)50)32-25-26-39-37(28-32)35-22-13-27-46-45(35)49(39)33-18-8-3-9-19-33/h2*1-29H. The molecule has 0 aliphatic rings. The number of rotatable bonds is 10. The lowest BCUT2D eigenvalue weighted by atomic mass is 9.98. The summed E-state index contributed by atoms with van der Waals surface area (Å²) in [4.78, 5) is 30.3. The molecule has 12 aromatic carbocycles. The molecule has 8 aromatic heterocycles. The number of hydrogen-bond donors (Lipinski definition) is 0. The van der Waals surface area contributed by atoms with Gasteiger partial charge in [0.25, 0.3) is 0 Å². The molecule has 8 heterocycles. The van der Waals surface area contributed by atoms with E-state index in [1.54, 1.807) is 0 Å². The Morgan fingerprint density at radius 1 is 0.240 bits per heavy atom. The summed E-state index contributed by atoms with van der Waals surface area (Å²) >= 11 is 0. The molecule has 10 nitrogen and oxygen atoms in total. The summed E-state index contributed by atoms with van der Waals surface area (Å²) in [5.74, 6) is 1.34. The van der Waals surface area contributed by atoms with Crippen LogP contribution in [0.3, 0.4) is 0 Å². The van der Waals surface area contributed by atoms with E-state index in [-0.39, 0.29) is 0 Å². The van der Waals surface area contributed by atoms with Gasteiger partial charge in [-0.25, -0.2) is 29.9 Å². The van der Waals surface area contributed by atoms with Gasteiger partial charge in [-0.3, -0.25) is 13.7 Å². The monoisotopic (exact) mass is 1280 g/mol. The molecule has 0 radical (unpaired) electrons. The highest BCUT2D eigenvalue weighted by molar-refractivity contribution is 6.19. The van der Waals surface area contributed by atoms with Crippen molar-refractivity contribution >= 4 is 87.5 Å². The lowest BCUT2D eigenvalue weighted by molar-refractivity contribution is 0.995. The van der Waals surface area contributed by atoms with Crippen molar-refractivity contribution < 1.29 is 0 Å². The molecule has 0 N–H and O–H groups in total. The second-order valence-electron chi connectivity index (χ2n) is 25.0. The normalized spacial score (nSPS) is 11.6. The van der Waals surface area contributed by atoms with Gasteiger partial charge in [0.2, 0.25) is 5.95 Å². The van der Waals surface area contributed by atoms with Gasteiger partial charge in [0.15, 0.2) is 5.82 Å². The summed E-state index contributed by atoms with van der Waals surface area (Å²) in [6, 6.07) is 117. The second-order valence-corrected chi connectivity index (χ2v) is 25.0. The lowest BCUT2D eigenvalue weighted by Gasteiger charge is -2.14. The predicted octanol–water partition coefficient (Wildman–Crippen LogP) is 22.1. The Balaban J connectivity index is 0.000000139. The molecule has 0 aliphatic carbocycles. The molecular formula is C90H58N10. The number of pyridine rings is 2. The Bertz CT molecular complexity index is 6440. The Kier molecular flexibility index (Phi) is 14.0. The average molecular weight is 1280 g/mol. The summed E-state index contributed by atoms with van der Waals surface area (Å²) in [6.07, 6.45) is 5.72. The van der Waals surface area contributed by atoms with Gasteiger partial charge in [-0.05, 0) is 125 Å². The topological polar surface area (TPSA) is 97.1 Å². The quantitative estimate of drug-likeness (QED) is 0.135. The maximum Gasteiger partial charge on any atom is 0.235 e. The minimum Gasteiger partial charge on any atom is -0.306 e. The first kappa shape index (κ1) is 57.7. The van der Waals surface area contributed by atoms with Gasteiger partial charge in [-0.2, -0.15) is 0 Å². The molecule has 0 unspecified atom stereocenters. The third-order valence-electron chi connectivity index (χ3n) is 19.2. The molecule has 0 saturated heterocycles. The van der Waals surface area contributed by atoms with Crippen LogP contribution < -0.4 is 0 Å². The molecule has 0 amide bonds. The fourth-order valence-corrected chi connectivity index (χ4v) is 14.8. The van der Waals surface area contributed by atoms with Crippen LogP contribution in [0.5, 0.6) is 0 Å². The average Bonchev–Trinajstić information content (AvgIpc) is 1.60. The van der Waals surface area contributed by atoms with Crippen molar-refractivity contribution in [2.45, 2.75) is 0 Å². The predicted molar refractivity (Wildman–Crippen MR) is 410 cm³/mol. The number of aromatic nitrogens is 10. The van der Waals surface area contributed by atoms with Gasteiger partial charge in [-0.15, -0.1) is 0 Å². The molecule has 100 heavy (non-hydrogen) atoms. The van der Waals surface area contributed by atoms with E-state index in [4.69, 9.17) is 29.9 Å². The fourth-order valence-electron chi connectivity index (χ4n) is 14.8. The molecule has 0 spiro atoms. The number of para-hydroxylation sites is 4. The molecule has 0 bridgehead atoms. The van der Waals surface area contributed by atoms with Crippen molar-refractivity contribution in [1.29, 1.82) is 0 Å². The number of fused-ring (bicyclic) bond motifs is 12. The van der Waals surface area contributed by atoms with E-state index in [0.29, 0.717) is 11.8 Å². The van der Waals surface area contributed by atoms with E-state index >= 15 is 0 Å². The molecule has 10 heteroatoms. The first-order valence-corrected chi connectivity index (χ1v) is 33.6. The van der Waals surface area contributed by atoms with E-state index in [9.17, 15) is 0 Å². The van der Waals surface area contributed by atoms with Gasteiger partial charge < -0.3 is 4.57 Å². The maximum atomic E-state index is 5.22. The first-order valence-electron chi connectivity index (χ1n) is 33.6. The molecule has 20 rings (SSSR count). The summed E-state index contributed by atoms with van der Waals surface area (Å²) in [5, 5.41) is 9.29. The Morgan fingerprint density at radius 2 is 0.640 bits per heavy atom. The van der Waals surface area contributed by atoms with Crippen molar-refractivity contribution in [3.05, 3.63) is 352 Å². The van der Waals surface area contributed by atoms with E-state index in [0.717, 1.165) is 134 Å². The number of benzene rings is 12. The molecule has 0 aliphatic heterocycles. The smallest absolute Gasteiger partial charge is 0.235 e. The fraction of sp³-hybridized carbons (Fsp3) is 0. The number of hydrogen-bond acceptors (Lipinski definition) is 6. The van der Waals surface area contributed by atoms with E-state index in [1.807, 2.05) is 79.3 Å². The summed E-state index contributed by atoms with van der Waals surface area (Å²) in [6.45, 7) is 0. The van der Waals surface area contributed by atoms with Crippen molar-refractivity contribution in [3.8, 4) is 90.4 Å². The Hall–Kier alpha value is -13.7. The lowest BCUT2D eigenvalue weighted by Crippen LogP contribution is -2.04. The van der Waals surface area contributed by atoms with Crippen molar-refractivity contribution in [3.63, 3.8) is 0 Å². The minimum atomic E-state index is 0.640. The minimum absolute atomic E-state index is 0.640. The highest BCUT2D eigenvalue weighted by Crippen LogP contribution is 2.45. The van der Waals surface area contributed by atoms with Crippen LogP contribution in [0.2, 0.25) is 0 Å². The van der Waals surface area contributed by atoms with Crippen molar-refractivity contribution in [1.82, 2.24) is 48.2 Å².